The van der Waals surface area contributed by atoms with Crippen molar-refractivity contribution in [3.05, 3.63) is 70.8 Å². The lowest BCUT2D eigenvalue weighted by molar-refractivity contribution is -0.147. The molecule has 2 aromatic carbocycles. The van der Waals surface area contributed by atoms with Gasteiger partial charge in [0.2, 0.25) is 11.8 Å². The lowest BCUT2D eigenvalue weighted by atomic mass is 9.86. The van der Waals surface area contributed by atoms with Gasteiger partial charge in [-0.1, -0.05) is 73.9 Å². The van der Waals surface area contributed by atoms with E-state index in [0.29, 0.717) is 13.0 Å². The molecular formula is C33H47N3O4. The fourth-order valence-corrected chi connectivity index (χ4v) is 5.10. The van der Waals surface area contributed by atoms with Gasteiger partial charge in [-0.15, -0.1) is 0 Å². The molecule has 0 aliphatic heterocycles. The lowest BCUT2D eigenvalue weighted by Crippen LogP contribution is -2.58. The lowest BCUT2D eigenvalue weighted by Gasteiger charge is -2.44. The number of nitrogens with one attached hydrogen (secondary N) is 2. The van der Waals surface area contributed by atoms with Crippen LogP contribution < -0.4 is 10.6 Å². The van der Waals surface area contributed by atoms with E-state index in [0.717, 1.165) is 60.8 Å². The van der Waals surface area contributed by atoms with Crippen LogP contribution in [0.25, 0.3) is 0 Å². The molecule has 0 heterocycles. The van der Waals surface area contributed by atoms with Crippen molar-refractivity contribution in [1.29, 1.82) is 0 Å². The number of carbonyl (C=O) groups excluding carboxylic acids is 3. The molecule has 3 rings (SSSR count). The summed E-state index contributed by atoms with van der Waals surface area (Å²) < 4.78 is 5.54. The molecule has 7 nitrogen and oxygen atoms in total. The highest BCUT2D eigenvalue weighted by Crippen LogP contribution is 2.35. The standard InChI is InChI=1S/C33H47N3O4/c1-7-8-12-20-34-30(37)29(27-19-18-23(2)21-24(27)3)36(26-16-13-17-26)31(38)28(22-25-14-10-9-11-15-25)35-32(39)40-33(4,5)6/h9-11,14-15,18-19,21,26,28-29H,7-8,12-13,16-17,20,22H2,1-6H3,(H,34,37)(H,35,39). The van der Waals surface area contributed by atoms with E-state index in [1.165, 1.54) is 0 Å². The Morgan fingerprint density at radius 1 is 1.02 bits per heavy atom. The maximum atomic E-state index is 14.5. The summed E-state index contributed by atoms with van der Waals surface area (Å²) in [6.45, 7) is 12.1. The number of benzene rings is 2. The Morgan fingerprint density at radius 2 is 1.73 bits per heavy atom. The molecule has 0 saturated heterocycles. The second-order valence-electron chi connectivity index (χ2n) is 12.0. The van der Waals surface area contributed by atoms with Gasteiger partial charge in [0, 0.05) is 19.0 Å². The van der Waals surface area contributed by atoms with Crippen LogP contribution in [0.1, 0.15) is 94.5 Å². The molecule has 1 fully saturated rings. The zero-order chi connectivity index (χ0) is 29.3. The number of alkyl carbamates (subject to hydrolysis) is 1. The molecular weight excluding hydrogens is 502 g/mol. The van der Waals surface area contributed by atoms with Crippen LogP contribution in [-0.4, -0.2) is 47.0 Å². The van der Waals surface area contributed by atoms with Gasteiger partial charge in [0.1, 0.15) is 17.7 Å². The number of unbranched alkanes of at least 4 members (excludes halogenated alkanes) is 2. The maximum absolute atomic E-state index is 14.5. The number of rotatable bonds is 12. The highest BCUT2D eigenvalue weighted by molar-refractivity contribution is 5.92. The van der Waals surface area contributed by atoms with Crippen molar-refractivity contribution < 1.29 is 19.1 Å². The molecule has 7 heteroatoms. The smallest absolute Gasteiger partial charge is 0.408 e. The zero-order valence-electron chi connectivity index (χ0n) is 25.1. The monoisotopic (exact) mass is 549 g/mol. The van der Waals surface area contributed by atoms with Crippen molar-refractivity contribution in [2.24, 2.45) is 0 Å². The van der Waals surface area contributed by atoms with Gasteiger partial charge in [0.25, 0.3) is 0 Å². The second-order valence-corrected chi connectivity index (χ2v) is 12.0. The minimum absolute atomic E-state index is 0.0849. The largest absolute Gasteiger partial charge is 0.444 e. The van der Waals surface area contributed by atoms with Gasteiger partial charge in [-0.2, -0.15) is 0 Å². The van der Waals surface area contributed by atoms with E-state index in [9.17, 15) is 14.4 Å². The molecule has 2 N–H and O–H groups in total. The summed E-state index contributed by atoms with van der Waals surface area (Å²) in [5, 5.41) is 5.96. The molecule has 2 unspecified atom stereocenters. The summed E-state index contributed by atoms with van der Waals surface area (Å²) in [4.78, 5) is 43.1. The van der Waals surface area contributed by atoms with Crippen LogP contribution in [0.3, 0.4) is 0 Å². The van der Waals surface area contributed by atoms with Gasteiger partial charge in [-0.3, -0.25) is 9.59 Å². The number of hydrogen-bond acceptors (Lipinski definition) is 4. The minimum atomic E-state index is -0.890. The maximum Gasteiger partial charge on any atom is 0.408 e. The van der Waals surface area contributed by atoms with Crippen LogP contribution in [0.5, 0.6) is 0 Å². The highest BCUT2D eigenvalue weighted by atomic mass is 16.6. The van der Waals surface area contributed by atoms with E-state index in [1.807, 2.05) is 56.3 Å². The summed E-state index contributed by atoms with van der Waals surface area (Å²) in [6, 6.07) is 13.9. The van der Waals surface area contributed by atoms with E-state index in [4.69, 9.17) is 4.74 Å². The van der Waals surface area contributed by atoms with E-state index >= 15 is 0 Å². The molecule has 1 aliphatic carbocycles. The summed E-state index contributed by atoms with van der Waals surface area (Å²) >= 11 is 0. The third kappa shape index (κ3) is 8.83. The fraction of sp³-hybridized carbons (Fsp3) is 0.545. The number of carbonyl (C=O) groups is 3. The third-order valence-corrected chi connectivity index (χ3v) is 7.32. The molecule has 218 valence electrons. The number of amides is 3. The van der Waals surface area contributed by atoms with Gasteiger partial charge < -0.3 is 20.3 Å². The molecule has 1 aliphatic rings. The second kappa shape index (κ2) is 14.3. The fourth-order valence-electron chi connectivity index (χ4n) is 5.10. The quantitative estimate of drug-likeness (QED) is 0.310. The van der Waals surface area contributed by atoms with E-state index in [1.54, 1.807) is 25.7 Å². The highest BCUT2D eigenvalue weighted by Gasteiger charge is 2.42. The Labute approximate surface area is 240 Å². The SMILES string of the molecule is CCCCCNC(=O)C(c1ccc(C)cc1C)N(C(=O)C(Cc1ccccc1)NC(=O)OC(C)(C)C)C1CCC1. The van der Waals surface area contributed by atoms with E-state index < -0.39 is 23.8 Å². The Morgan fingerprint density at radius 3 is 2.30 bits per heavy atom. The topological polar surface area (TPSA) is 87.7 Å². The van der Waals surface area contributed by atoms with Crippen LogP contribution in [0, 0.1) is 13.8 Å². The van der Waals surface area contributed by atoms with E-state index in [2.05, 4.69) is 23.6 Å². The minimum Gasteiger partial charge on any atom is -0.444 e. The Hall–Kier alpha value is -3.35. The Kier molecular flexibility index (Phi) is 11.2. The third-order valence-electron chi connectivity index (χ3n) is 7.32. The molecule has 0 aromatic heterocycles. The van der Waals surface area contributed by atoms with Crippen molar-refractivity contribution in [2.45, 2.75) is 110 Å². The van der Waals surface area contributed by atoms with E-state index in [-0.39, 0.29) is 17.9 Å². The number of aryl methyl sites for hydroxylation is 2. The molecule has 0 spiro atoms. The van der Waals surface area contributed by atoms with Crippen molar-refractivity contribution in [3.8, 4) is 0 Å². The summed E-state index contributed by atoms with van der Waals surface area (Å²) in [7, 11) is 0. The Bertz CT molecular complexity index is 1140. The predicted molar refractivity (Wildman–Crippen MR) is 159 cm³/mol. The van der Waals surface area contributed by atoms with Crippen LogP contribution in [-0.2, 0) is 20.7 Å². The normalized spacial score (nSPS) is 14.9. The number of ether oxygens (including phenoxy) is 1. The Balaban J connectivity index is 2.02. The first kappa shape index (κ1) is 31.2. The molecule has 2 aromatic rings. The first-order valence-electron chi connectivity index (χ1n) is 14.7. The first-order chi connectivity index (χ1) is 19.0. The van der Waals surface area contributed by atoms with Crippen molar-refractivity contribution in [3.63, 3.8) is 0 Å². The average molecular weight is 550 g/mol. The molecule has 40 heavy (non-hydrogen) atoms. The molecule has 0 bridgehead atoms. The van der Waals surface area contributed by atoms with Crippen molar-refractivity contribution >= 4 is 17.9 Å². The number of nitrogens with zero attached hydrogens (tertiary/aromatic N) is 1. The molecule has 1 saturated carbocycles. The summed E-state index contributed by atoms with van der Waals surface area (Å²) in [5.41, 5.74) is 3.08. The predicted octanol–water partition coefficient (Wildman–Crippen LogP) is 6.17. The average Bonchev–Trinajstić information content (AvgIpc) is 2.85. The molecule has 0 radical (unpaired) electrons. The van der Waals surface area contributed by atoms with Gasteiger partial charge in [-0.25, -0.2) is 4.79 Å². The first-order valence-corrected chi connectivity index (χ1v) is 14.7. The molecule has 3 amide bonds. The zero-order valence-corrected chi connectivity index (χ0v) is 25.1. The van der Waals surface area contributed by atoms with Gasteiger partial charge in [0.15, 0.2) is 0 Å². The summed E-state index contributed by atoms with van der Waals surface area (Å²) in [6.07, 6.45) is 5.24. The summed E-state index contributed by atoms with van der Waals surface area (Å²) in [5.74, 6) is -0.452. The van der Waals surface area contributed by atoms with Crippen molar-refractivity contribution in [2.75, 3.05) is 6.54 Å². The van der Waals surface area contributed by atoms with Crippen LogP contribution in [0.2, 0.25) is 0 Å². The van der Waals surface area contributed by atoms with Gasteiger partial charge in [0.05, 0.1) is 0 Å². The van der Waals surface area contributed by atoms with Crippen LogP contribution in [0.15, 0.2) is 48.5 Å². The van der Waals surface area contributed by atoms with Gasteiger partial charge in [-0.05, 0) is 77.0 Å². The molecule has 2 atom stereocenters. The van der Waals surface area contributed by atoms with Crippen LogP contribution in [0.4, 0.5) is 4.79 Å². The number of hydrogen-bond donors (Lipinski definition) is 2. The van der Waals surface area contributed by atoms with Crippen LogP contribution >= 0.6 is 0 Å². The van der Waals surface area contributed by atoms with Gasteiger partial charge >= 0.3 is 6.09 Å². The van der Waals surface area contributed by atoms with Crippen molar-refractivity contribution in [1.82, 2.24) is 15.5 Å².